The molecule has 2 aliphatic heterocycles. The topological polar surface area (TPSA) is 58.7 Å². The summed E-state index contributed by atoms with van der Waals surface area (Å²) in [5.74, 6) is -0.428. The molecule has 2 atom stereocenters. The summed E-state index contributed by atoms with van der Waals surface area (Å²) in [5, 5.41) is 2.31. The molecule has 4 nitrogen and oxygen atoms in total. The van der Waals surface area contributed by atoms with Crippen molar-refractivity contribution in [1.82, 2.24) is 5.32 Å². The molecule has 2 fully saturated rings. The van der Waals surface area contributed by atoms with Crippen molar-refractivity contribution in [2.75, 3.05) is 0 Å². The highest BCUT2D eigenvalue weighted by atomic mass is 16.6. The van der Waals surface area contributed by atoms with Gasteiger partial charge in [-0.2, -0.15) is 0 Å². The molecule has 66 valence electrons. The summed E-state index contributed by atoms with van der Waals surface area (Å²) in [7, 11) is 0. The zero-order valence-electron chi connectivity index (χ0n) is 6.71. The Kier molecular flexibility index (Phi) is 1.84. The van der Waals surface area contributed by atoms with Crippen LogP contribution in [0.5, 0.6) is 0 Å². The minimum atomic E-state index is -0.341. The van der Waals surface area contributed by atoms with Gasteiger partial charge in [0.15, 0.2) is 6.10 Å². The number of carbonyl (C=O) groups is 2. The molecular formula is C8H11NO3. The van der Waals surface area contributed by atoms with Crippen molar-refractivity contribution >= 4 is 11.8 Å². The van der Waals surface area contributed by atoms with Crippen LogP contribution in [0.2, 0.25) is 0 Å². The molecule has 0 aromatic heterocycles. The molecule has 12 heavy (non-hydrogen) atoms. The fourth-order valence-electron chi connectivity index (χ4n) is 1.50. The zero-order chi connectivity index (χ0) is 8.55. The van der Waals surface area contributed by atoms with Gasteiger partial charge >= 0.3 is 0 Å². The van der Waals surface area contributed by atoms with E-state index in [1.165, 1.54) is 0 Å². The Bertz CT molecular complexity index is 226. The summed E-state index contributed by atoms with van der Waals surface area (Å²) in [6.07, 6.45) is 2.94. The SMILES string of the molecule is O=C1CCCCC2OC2C(=O)N1. The summed E-state index contributed by atoms with van der Waals surface area (Å²) < 4.78 is 5.09. The van der Waals surface area contributed by atoms with Crippen LogP contribution in [-0.4, -0.2) is 24.0 Å². The second kappa shape index (κ2) is 2.86. The number of nitrogens with one attached hydrogen (secondary N) is 1. The van der Waals surface area contributed by atoms with Gasteiger partial charge in [0, 0.05) is 6.42 Å². The summed E-state index contributed by atoms with van der Waals surface area (Å²) in [6.45, 7) is 0. The normalized spacial score (nSPS) is 35.7. The molecule has 2 aliphatic rings. The molecule has 0 radical (unpaired) electrons. The minimum absolute atomic E-state index is 0.0795. The molecule has 4 heteroatoms. The predicted octanol–water partition coefficient (Wildman–Crippen LogP) is -0.0294. The highest BCUT2D eigenvalue weighted by Gasteiger charge is 2.45. The highest BCUT2D eigenvalue weighted by molar-refractivity contribution is 5.98. The number of fused-ring (bicyclic) bond motifs is 1. The van der Waals surface area contributed by atoms with E-state index in [4.69, 9.17) is 4.74 Å². The minimum Gasteiger partial charge on any atom is -0.359 e. The Labute approximate surface area is 70.3 Å². The van der Waals surface area contributed by atoms with Crippen LogP contribution >= 0.6 is 0 Å². The van der Waals surface area contributed by atoms with E-state index in [2.05, 4.69) is 5.32 Å². The van der Waals surface area contributed by atoms with Gasteiger partial charge in [-0.15, -0.1) is 0 Å². The van der Waals surface area contributed by atoms with Gasteiger partial charge in [-0.1, -0.05) is 6.42 Å². The zero-order valence-corrected chi connectivity index (χ0v) is 6.71. The molecule has 2 amide bonds. The Hall–Kier alpha value is -0.900. The number of hydrogen-bond donors (Lipinski definition) is 1. The van der Waals surface area contributed by atoms with Crippen LogP contribution < -0.4 is 5.32 Å². The fraction of sp³-hybridized carbons (Fsp3) is 0.750. The maximum absolute atomic E-state index is 11.1. The van der Waals surface area contributed by atoms with E-state index in [9.17, 15) is 9.59 Å². The first-order chi connectivity index (χ1) is 5.77. The largest absolute Gasteiger partial charge is 0.359 e. The van der Waals surface area contributed by atoms with Crippen molar-refractivity contribution < 1.29 is 14.3 Å². The van der Waals surface area contributed by atoms with Crippen molar-refractivity contribution in [2.45, 2.75) is 37.9 Å². The maximum Gasteiger partial charge on any atom is 0.258 e. The van der Waals surface area contributed by atoms with Crippen LogP contribution in [0.1, 0.15) is 25.7 Å². The fourth-order valence-corrected chi connectivity index (χ4v) is 1.50. The number of rotatable bonds is 0. The second-order valence-corrected chi connectivity index (χ2v) is 3.25. The second-order valence-electron chi connectivity index (χ2n) is 3.25. The summed E-state index contributed by atoms with van der Waals surface area (Å²) in [4.78, 5) is 22.1. The van der Waals surface area contributed by atoms with Gasteiger partial charge < -0.3 is 4.74 Å². The van der Waals surface area contributed by atoms with E-state index < -0.39 is 0 Å². The van der Waals surface area contributed by atoms with Gasteiger partial charge in [0.25, 0.3) is 5.91 Å². The third kappa shape index (κ3) is 1.48. The van der Waals surface area contributed by atoms with E-state index in [0.29, 0.717) is 6.42 Å². The standard InChI is InChI=1S/C8H11NO3/c10-6-4-2-1-3-5-7(12-5)8(11)9-6/h5,7H,1-4H2,(H,9,10,11). The Morgan fingerprint density at radius 2 is 2.17 bits per heavy atom. The lowest BCUT2D eigenvalue weighted by atomic mass is 10.1. The number of hydrogen-bond acceptors (Lipinski definition) is 3. The average Bonchev–Trinajstić information content (AvgIpc) is 2.76. The Balaban J connectivity index is 1.99. The number of amides is 2. The van der Waals surface area contributed by atoms with Crippen LogP contribution in [0.25, 0.3) is 0 Å². The molecule has 2 heterocycles. The van der Waals surface area contributed by atoms with Crippen molar-refractivity contribution in [1.29, 1.82) is 0 Å². The molecule has 1 N–H and O–H groups in total. The van der Waals surface area contributed by atoms with E-state index in [1.54, 1.807) is 0 Å². The van der Waals surface area contributed by atoms with Gasteiger partial charge in [-0.05, 0) is 12.8 Å². The number of epoxide rings is 1. The molecule has 2 unspecified atom stereocenters. The molecule has 0 saturated carbocycles. The lowest BCUT2D eigenvalue weighted by Crippen LogP contribution is -2.33. The van der Waals surface area contributed by atoms with Gasteiger partial charge in [0.2, 0.25) is 5.91 Å². The monoisotopic (exact) mass is 169 g/mol. The molecule has 0 aromatic rings. The van der Waals surface area contributed by atoms with Crippen LogP contribution in [-0.2, 0) is 14.3 Å². The highest BCUT2D eigenvalue weighted by Crippen LogP contribution is 2.28. The van der Waals surface area contributed by atoms with E-state index in [0.717, 1.165) is 19.3 Å². The lowest BCUT2D eigenvalue weighted by Gasteiger charge is -1.98. The summed E-state index contributed by atoms with van der Waals surface area (Å²) >= 11 is 0. The maximum atomic E-state index is 11.1. The molecular weight excluding hydrogens is 158 g/mol. The predicted molar refractivity (Wildman–Crippen MR) is 40.3 cm³/mol. The molecule has 0 aromatic carbocycles. The van der Waals surface area contributed by atoms with Crippen molar-refractivity contribution in [2.24, 2.45) is 0 Å². The molecule has 0 aliphatic carbocycles. The quantitative estimate of drug-likeness (QED) is 0.409. The van der Waals surface area contributed by atoms with Gasteiger partial charge in [-0.3, -0.25) is 14.9 Å². The van der Waals surface area contributed by atoms with Crippen LogP contribution in [0.4, 0.5) is 0 Å². The van der Waals surface area contributed by atoms with E-state index in [-0.39, 0.29) is 24.0 Å². The third-order valence-corrected chi connectivity index (χ3v) is 2.25. The van der Waals surface area contributed by atoms with Gasteiger partial charge in [0.1, 0.15) is 0 Å². The number of imide groups is 1. The van der Waals surface area contributed by atoms with Crippen LogP contribution in [0.3, 0.4) is 0 Å². The molecule has 2 saturated heterocycles. The number of ether oxygens (including phenoxy) is 1. The Morgan fingerprint density at radius 1 is 1.33 bits per heavy atom. The van der Waals surface area contributed by atoms with Crippen molar-refractivity contribution in [3.63, 3.8) is 0 Å². The number of carbonyl (C=O) groups excluding carboxylic acids is 2. The first kappa shape index (κ1) is 7.73. The summed E-state index contributed by atoms with van der Waals surface area (Å²) in [5.41, 5.74) is 0. The molecule has 2 rings (SSSR count). The van der Waals surface area contributed by atoms with Gasteiger partial charge in [-0.25, -0.2) is 0 Å². The third-order valence-electron chi connectivity index (χ3n) is 2.25. The first-order valence-electron chi connectivity index (χ1n) is 4.26. The lowest BCUT2D eigenvalue weighted by molar-refractivity contribution is -0.131. The Morgan fingerprint density at radius 3 is 3.00 bits per heavy atom. The molecule has 0 bridgehead atoms. The first-order valence-corrected chi connectivity index (χ1v) is 4.26. The summed E-state index contributed by atoms with van der Waals surface area (Å²) in [6, 6.07) is 0. The molecule has 0 spiro atoms. The van der Waals surface area contributed by atoms with Crippen LogP contribution in [0, 0.1) is 0 Å². The van der Waals surface area contributed by atoms with Gasteiger partial charge in [0.05, 0.1) is 6.10 Å². The van der Waals surface area contributed by atoms with E-state index in [1.807, 2.05) is 0 Å². The van der Waals surface area contributed by atoms with Crippen molar-refractivity contribution in [3.05, 3.63) is 0 Å². The van der Waals surface area contributed by atoms with Crippen LogP contribution in [0.15, 0.2) is 0 Å². The van der Waals surface area contributed by atoms with Crippen molar-refractivity contribution in [3.8, 4) is 0 Å². The average molecular weight is 169 g/mol. The smallest absolute Gasteiger partial charge is 0.258 e. The van der Waals surface area contributed by atoms with E-state index >= 15 is 0 Å².